The number of hydrogen-bond donors (Lipinski definition) is 2. The van der Waals surface area contributed by atoms with Crippen LogP contribution in [-0.4, -0.2) is 16.7 Å². The molecule has 4 nitrogen and oxygen atoms in total. The van der Waals surface area contributed by atoms with Crippen molar-refractivity contribution in [1.29, 1.82) is 0 Å². The average molecular weight is 246 g/mol. The van der Waals surface area contributed by atoms with Crippen LogP contribution in [0.1, 0.15) is 19.4 Å². The number of carbonyl (C=O) groups is 1. The predicted molar refractivity (Wildman–Crippen MR) is 63.9 cm³/mol. The first-order valence-corrected chi connectivity index (χ1v) is 4.67. The molecule has 0 fully saturated rings. The summed E-state index contributed by atoms with van der Waals surface area (Å²) in [5.41, 5.74) is 5.20. The van der Waals surface area contributed by atoms with Crippen LogP contribution in [0.15, 0.2) is 24.3 Å². The zero-order chi connectivity index (χ0) is 11.5. The summed E-state index contributed by atoms with van der Waals surface area (Å²) >= 11 is 0. The third-order valence-corrected chi connectivity index (χ3v) is 2.05. The minimum Gasteiger partial charge on any atom is -0.478 e. The van der Waals surface area contributed by atoms with E-state index in [1.807, 2.05) is 12.1 Å². The van der Waals surface area contributed by atoms with Gasteiger partial charge in [0.2, 0.25) is 0 Å². The number of aliphatic carboxylic acids is 1. The number of carboxylic acids is 1. The van der Waals surface area contributed by atoms with Gasteiger partial charge in [0.15, 0.2) is 5.60 Å². The maximum atomic E-state index is 10.8. The lowest BCUT2D eigenvalue weighted by atomic mass is 10.1. The van der Waals surface area contributed by atoms with Crippen molar-refractivity contribution < 1.29 is 14.6 Å². The molecule has 0 heterocycles. The Morgan fingerprint density at radius 3 is 2.25 bits per heavy atom. The second-order valence-electron chi connectivity index (χ2n) is 3.77. The minimum absolute atomic E-state index is 0. The highest BCUT2D eigenvalue weighted by Crippen LogP contribution is 2.18. The summed E-state index contributed by atoms with van der Waals surface area (Å²) in [6.07, 6.45) is 0. The third-order valence-electron chi connectivity index (χ3n) is 2.05. The van der Waals surface area contributed by atoms with Gasteiger partial charge in [-0.15, -0.1) is 12.4 Å². The van der Waals surface area contributed by atoms with Gasteiger partial charge in [-0.1, -0.05) is 12.1 Å². The fraction of sp³-hybridized carbons (Fsp3) is 0.364. The maximum Gasteiger partial charge on any atom is 0.347 e. The molecule has 3 N–H and O–H groups in total. The smallest absolute Gasteiger partial charge is 0.347 e. The van der Waals surface area contributed by atoms with Crippen molar-refractivity contribution in [3.05, 3.63) is 29.8 Å². The van der Waals surface area contributed by atoms with Crippen LogP contribution >= 0.6 is 12.4 Å². The van der Waals surface area contributed by atoms with E-state index in [9.17, 15) is 4.79 Å². The van der Waals surface area contributed by atoms with Crippen LogP contribution in [-0.2, 0) is 11.3 Å². The van der Waals surface area contributed by atoms with Gasteiger partial charge in [0, 0.05) is 6.54 Å². The number of hydrogen-bond acceptors (Lipinski definition) is 3. The van der Waals surface area contributed by atoms with Gasteiger partial charge in [-0.05, 0) is 31.5 Å². The molecule has 0 saturated carbocycles. The number of carboxylic acid groups (broad SMARTS) is 1. The van der Waals surface area contributed by atoms with E-state index < -0.39 is 11.6 Å². The Bertz CT molecular complexity index is 349. The molecule has 5 heteroatoms. The molecule has 16 heavy (non-hydrogen) atoms. The molecule has 1 aromatic carbocycles. The molecule has 0 atom stereocenters. The van der Waals surface area contributed by atoms with Crippen molar-refractivity contribution >= 4 is 18.4 Å². The first kappa shape index (κ1) is 14.7. The summed E-state index contributed by atoms with van der Waals surface area (Å²) < 4.78 is 5.32. The van der Waals surface area contributed by atoms with E-state index in [2.05, 4.69) is 0 Å². The summed E-state index contributed by atoms with van der Waals surface area (Å²) in [6.45, 7) is 3.47. The van der Waals surface area contributed by atoms with Crippen molar-refractivity contribution in [3.63, 3.8) is 0 Å². The third kappa shape index (κ3) is 3.72. The van der Waals surface area contributed by atoms with Gasteiger partial charge in [0.1, 0.15) is 5.75 Å². The van der Waals surface area contributed by atoms with Crippen LogP contribution < -0.4 is 10.5 Å². The molecule has 0 radical (unpaired) electrons. The number of rotatable bonds is 4. The van der Waals surface area contributed by atoms with Crippen molar-refractivity contribution in [1.82, 2.24) is 0 Å². The molecule has 0 unspecified atom stereocenters. The molecular weight excluding hydrogens is 230 g/mol. The Kier molecular flexibility index (Phi) is 5.27. The SMILES string of the molecule is CC(C)(Oc1ccc(CN)cc1)C(=O)O.Cl. The van der Waals surface area contributed by atoms with Crippen molar-refractivity contribution in [2.45, 2.75) is 26.0 Å². The maximum absolute atomic E-state index is 10.8. The van der Waals surface area contributed by atoms with Gasteiger partial charge >= 0.3 is 5.97 Å². The first-order valence-electron chi connectivity index (χ1n) is 4.67. The minimum atomic E-state index is -1.22. The topological polar surface area (TPSA) is 72.5 Å². The molecule has 0 aromatic heterocycles. The molecule has 1 aromatic rings. The second-order valence-corrected chi connectivity index (χ2v) is 3.77. The average Bonchev–Trinajstić information content (AvgIpc) is 2.18. The van der Waals surface area contributed by atoms with E-state index >= 15 is 0 Å². The van der Waals surface area contributed by atoms with Crippen molar-refractivity contribution in [2.75, 3.05) is 0 Å². The van der Waals surface area contributed by atoms with Crippen molar-refractivity contribution in [3.8, 4) is 5.75 Å². The fourth-order valence-electron chi connectivity index (χ4n) is 1.03. The van der Waals surface area contributed by atoms with E-state index in [1.165, 1.54) is 13.8 Å². The Morgan fingerprint density at radius 2 is 1.88 bits per heavy atom. The van der Waals surface area contributed by atoms with Crippen LogP contribution in [0.25, 0.3) is 0 Å². The van der Waals surface area contributed by atoms with Gasteiger partial charge in [-0.3, -0.25) is 0 Å². The molecular formula is C11H16ClNO3. The zero-order valence-electron chi connectivity index (χ0n) is 9.27. The lowest BCUT2D eigenvalue weighted by molar-refractivity contribution is -0.152. The van der Waals surface area contributed by atoms with Gasteiger partial charge in [0.25, 0.3) is 0 Å². The zero-order valence-corrected chi connectivity index (χ0v) is 10.1. The Morgan fingerprint density at radius 1 is 1.38 bits per heavy atom. The lowest BCUT2D eigenvalue weighted by Crippen LogP contribution is -2.37. The summed E-state index contributed by atoms with van der Waals surface area (Å²) in [7, 11) is 0. The van der Waals surface area contributed by atoms with E-state index in [0.717, 1.165) is 5.56 Å². The number of ether oxygens (including phenoxy) is 1. The first-order chi connectivity index (χ1) is 6.95. The van der Waals surface area contributed by atoms with Crippen LogP contribution in [0, 0.1) is 0 Å². The van der Waals surface area contributed by atoms with E-state index in [4.69, 9.17) is 15.6 Å². The van der Waals surface area contributed by atoms with E-state index in [1.54, 1.807) is 12.1 Å². The highest BCUT2D eigenvalue weighted by molar-refractivity contribution is 5.85. The molecule has 0 aliphatic carbocycles. The van der Waals surface area contributed by atoms with Gasteiger partial charge in [0.05, 0.1) is 0 Å². The quantitative estimate of drug-likeness (QED) is 0.849. The summed E-state index contributed by atoms with van der Waals surface area (Å²) in [5, 5.41) is 8.86. The van der Waals surface area contributed by atoms with Crippen molar-refractivity contribution in [2.24, 2.45) is 5.73 Å². The number of halogens is 1. The Labute approximate surface area is 101 Å². The van der Waals surface area contributed by atoms with Crippen LogP contribution in [0.2, 0.25) is 0 Å². The number of benzene rings is 1. The summed E-state index contributed by atoms with van der Waals surface area (Å²) in [4.78, 5) is 10.8. The van der Waals surface area contributed by atoms with Gasteiger partial charge in [-0.2, -0.15) is 0 Å². The molecule has 0 amide bonds. The molecule has 0 bridgehead atoms. The van der Waals surface area contributed by atoms with Gasteiger partial charge in [-0.25, -0.2) is 4.79 Å². The molecule has 0 aliphatic heterocycles. The van der Waals surface area contributed by atoms with Crippen LogP contribution in [0.5, 0.6) is 5.75 Å². The molecule has 0 spiro atoms. The van der Waals surface area contributed by atoms with E-state index in [-0.39, 0.29) is 12.4 Å². The fourth-order valence-corrected chi connectivity index (χ4v) is 1.03. The monoisotopic (exact) mass is 245 g/mol. The van der Waals surface area contributed by atoms with E-state index in [0.29, 0.717) is 12.3 Å². The van der Waals surface area contributed by atoms with Gasteiger partial charge < -0.3 is 15.6 Å². The molecule has 0 saturated heterocycles. The van der Waals surface area contributed by atoms with Crippen LogP contribution in [0.4, 0.5) is 0 Å². The number of nitrogens with two attached hydrogens (primary N) is 1. The molecule has 1 rings (SSSR count). The Balaban J connectivity index is 0.00000225. The molecule has 90 valence electrons. The molecule has 0 aliphatic rings. The normalized spacial score (nSPS) is 10.4. The highest BCUT2D eigenvalue weighted by atomic mass is 35.5. The summed E-state index contributed by atoms with van der Waals surface area (Å²) in [6, 6.07) is 7.06. The van der Waals surface area contributed by atoms with Crippen LogP contribution in [0.3, 0.4) is 0 Å². The lowest BCUT2D eigenvalue weighted by Gasteiger charge is -2.21. The summed E-state index contributed by atoms with van der Waals surface area (Å²) in [5.74, 6) is -0.468. The largest absolute Gasteiger partial charge is 0.478 e. The Hall–Kier alpha value is -1.26. The highest BCUT2D eigenvalue weighted by Gasteiger charge is 2.29. The second kappa shape index (κ2) is 5.72. The predicted octanol–water partition coefficient (Wildman–Crippen LogP) is 1.81. The standard InChI is InChI=1S/C11H15NO3.ClH/c1-11(2,10(13)14)15-9-5-3-8(7-12)4-6-9;/h3-6H,7,12H2,1-2H3,(H,13,14);1H.